The number of nitrogens with one attached hydrogen (secondary N) is 1. The maximum absolute atomic E-state index is 6.05. The number of rotatable bonds is 6. The first kappa shape index (κ1) is 18.2. The number of fused-ring (bicyclic) bond motifs is 2. The molecule has 1 fully saturated rings. The number of hydrogen-bond acceptors (Lipinski definition) is 3. The molecular weight excluding hydrogens is 358 g/mol. The molecule has 1 aliphatic heterocycles. The van der Waals surface area contributed by atoms with Crippen LogP contribution in [0.1, 0.15) is 30.7 Å². The smallest absolute Gasteiger partial charge is 0.128 e. The van der Waals surface area contributed by atoms with E-state index in [4.69, 9.17) is 4.74 Å². The number of aromatic nitrogens is 2. The molecule has 0 spiro atoms. The Morgan fingerprint density at radius 3 is 2.79 bits per heavy atom. The van der Waals surface area contributed by atoms with Crippen LogP contribution in [0.2, 0.25) is 0 Å². The highest BCUT2D eigenvalue weighted by Gasteiger charge is 2.22. The molecule has 4 heteroatoms. The van der Waals surface area contributed by atoms with Gasteiger partial charge in [0.1, 0.15) is 5.75 Å². The van der Waals surface area contributed by atoms with Crippen LogP contribution in [0.4, 0.5) is 0 Å². The van der Waals surface area contributed by atoms with Crippen LogP contribution in [0.5, 0.6) is 5.75 Å². The number of aromatic amines is 1. The minimum absolute atomic E-state index is 0.618. The zero-order valence-corrected chi connectivity index (χ0v) is 16.7. The van der Waals surface area contributed by atoms with Crippen LogP contribution in [-0.2, 0) is 0 Å². The van der Waals surface area contributed by atoms with E-state index in [0.29, 0.717) is 5.92 Å². The third-order valence-electron chi connectivity index (χ3n) is 6.16. The molecule has 0 unspecified atom stereocenters. The Bertz CT molecular complexity index is 1090. The monoisotopic (exact) mass is 385 g/mol. The van der Waals surface area contributed by atoms with Gasteiger partial charge in [-0.15, -0.1) is 0 Å². The minimum atomic E-state index is 0.618. The van der Waals surface area contributed by atoms with E-state index in [2.05, 4.69) is 63.5 Å². The fourth-order valence-electron chi connectivity index (χ4n) is 4.59. The lowest BCUT2D eigenvalue weighted by Crippen LogP contribution is -2.34. The molecule has 0 saturated carbocycles. The highest BCUT2D eigenvalue weighted by molar-refractivity contribution is 5.86. The molecule has 2 aromatic heterocycles. The third kappa shape index (κ3) is 3.85. The van der Waals surface area contributed by atoms with Crippen molar-refractivity contribution in [3.8, 4) is 5.75 Å². The predicted octanol–water partition coefficient (Wildman–Crippen LogP) is 5.36. The second-order valence-corrected chi connectivity index (χ2v) is 7.96. The second-order valence-electron chi connectivity index (χ2n) is 7.96. The highest BCUT2D eigenvalue weighted by Crippen LogP contribution is 2.32. The van der Waals surface area contributed by atoms with E-state index in [0.717, 1.165) is 49.3 Å². The zero-order valence-electron chi connectivity index (χ0n) is 16.7. The van der Waals surface area contributed by atoms with Crippen LogP contribution in [0.15, 0.2) is 67.1 Å². The molecule has 4 aromatic rings. The fourth-order valence-corrected chi connectivity index (χ4v) is 4.59. The lowest BCUT2D eigenvalue weighted by atomic mass is 9.87. The Morgan fingerprint density at radius 1 is 0.966 bits per heavy atom. The summed E-state index contributed by atoms with van der Waals surface area (Å²) in [5, 5.41) is 3.78. The third-order valence-corrected chi connectivity index (χ3v) is 6.16. The molecular formula is C25H27N3O. The topological polar surface area (TPSA) is 41.1 Å². The molecule has 0 atom stereocenters. The van der Waals surface area contributed by atoms with Gasteiger partial charge in [0, 0.05) is 41.4 Å². The van der Waals surface area contributed by atoms with Crippen LogP contribution in [0.25, 0.3) is 21.7 Å². The molecule has 2 aromatic carbocycles. The number of pyridine rings is 1. The molecule has 4 nitrogen and oxygen atoms in total. The summed E-state index contributed by atoms with van der Waals surface area (Å²) in [6.45, 7) is 4.17. The summed E-state index contributed by atoms with van der Waals surface area (Å²) >= 11 is 0. The average Bonchev–Trinajstić information content (AvgIpc) is 3.26. The van der Waals surface area contributed by atoms with Gasteiger partial charge in [0.25, 0.3) is 0 Å². The van der Waals surface area contributed by atoms with Gasteiger partial charge in [0.15, 0.2) is 0 Å². The molecule has 0 amide bonds. The van der Waals surface area contributed by atoms with Crippen molar-refractivity contribution in [3.05, 3.63) is 72.7 Å². The standard InChI is InChI=1S/C25H27N3O/c1-2-6-21-20(5-1)17-26-18-23(21)19-10-14-28(15-11-19)13-4-16-29-25-8-3-7-24-22(25)9-12-27-24/h1-3,5-9,12,17-19,27H,4,10-11,13-16H2. The lowest BCUT2D eigenvalue weighted by molar-refractivity contribution is 0.193. The number of H-pyrrole nitrogens is 1. The molecule has 0 radical (unpaired) electrons. The molecule has 29 heavy (non-hydrogen) atoms. The van der Waals surface area contributed by atoms with E-state index >= 15 is 0 Å². The molecule has 1 N–H and O–H groups in total. The van der Waals surface area contributed by atoms with Crippen molar-refractivity contribution in [2.45, 2.75) is 25.2 Å². The number of benzene rings is 2. The van der Waals surface area contributed by atoms with Gasteiger partial charge in [0.05, 0.1) is 6.61 Å². The second kappa shape index (κ2) is 8.26. The first-order chi connectivity index (χ1) is 14.4. The first-order valence-corrected chi connectivity index (χ1v) is 10.6. The molecule has 0 bridgehead atoms. The van der Waals surface area contributed by atoms with Crippen LogP contribution in [-0.4, -0.2) is 41.1 Å². The van der Waals surface area contributed by atoms with Gasteiger partial charge in [0.2, 0.25) is 0 Å². The van der Waals surface area contributed by atoms with Crippen LogP contribution >= 0.6 is 0 Å². The molecule has 1 saturated heterocycles. The SMILES string of the molecule is c1ccc2c(C3CCN(CCCOc4cccc5[nH]ccc45)CC3)cncc2c1. The van der Waals surface area contributed by atoms with Gasteiger partial charge >= 0.3 is 0 Å². The van der Waals surface area contributed by atoms with Crippen molar-refractivity contribution in [2.24, 2.45) is 0 Å². The Hall–Kier alpha value is -2.85. The summed E-state index contributed by atoms with van der Waals surface area (Å²) in [5.74, 6) is 1.60. The van der Waals surface area contributed by atoms with Crippen molar-refractivity contribution in [1.82, 2.24) is 14.9 Å². The Labute approximate surface area is 171 Å². The van der Waals surface area contributed by atoms with E-state index in [-0.39, 0.29) is 0 Å². The Kier molecular flexibility index (Phi) is 5.18. The normalized spacial score (nSPS) is 15.9. The zero-order chi connectivity index (χ0) is 19.5. The van der Waals surface area contributed by atoms with Crippen LogP contribution in [0, 0.1) is 0 Å². The van der Waals surface area contributed by atoms with Crippen molar-refractivity contribution < 1.29 is 4.74 Å². The van der Waals surface area contributed by atoms with Crippen molar-refractivity contribution in [2.75, 3.05) is 26.2 Å². The van der Waals surface area contributed by atoms with Crippen molar-refractivity contribution in [3.63, 3.8) is 0 Å². The van der Waals surface area contributed by atoms with Crippen molar-refractivity contribution >= 4 is 21.7 Å². The summed E-state index contributed by atoms with van der Waals surface area (Å²) in [7, 11) is 0. The van der Waals surface area contributed by atoms with Crippen LogP contribution in [0.3, 0.4) is 0 Å². The number of ether oxygens (including phenoxy) is 1. The molecule has 0 aliphatic carbocycles. The Morgan fingerprint density at radius 2 is 1.86 bits per heavy atom. The van der Waals surface area contributed by atoms with Gasteiger partial charge in [-0.3, -0.25) is 4.98 Å². The van der Waals surface area contributed by atoms with E-state index < -0.39 is 0 Å². The van der Waals surface area contributed by atoms with E-state index in [9.17, 15) is 0 Å². The largest absolute Gasteiger partial charge is 0.493 e. The summed E-state index contributed by atoms with van der Waals surface area (Å²) < 4.78 is 6.05. The van der Waals surface area contributed by atoms with E-state index in [1.165, 1.54) is 29.2 Å². The maximum atomic E-state index is 6.05. The summed E-state index contributed by atoms with van der Waals surface area (Å²) in [4.78, 5) is 10.3. The minimum Gasteiger partial charge on any atom is -0.493 e. The fraction of sp³-hybridized carbons (Fsp3) is 0.320. The molecule has 1 aliphatic rings. The van der Waals surface area contributed by atoms with Crippen LogP contribution < -0.4 is 4.74 Å². The summed E-state index contributed by atoms with van der Waals surface area (Å²) in [6.07, 6.45) is 9.49. The summed E-state index contributed by atoms with van der Waals surface area (Å²) in [5.41, 5.74) is 2.55. The van der Waals surface area contributed by atoms with E-state index in [1.54, 1.807) is 0 Å². The number of piperidine rings is 1. The maximum Gasteiger partial charge on any atom is 0.128 e. The number of likely N-dealkylation sites (tertiary alicyclic amines) is 1. The molecule has 3 heterocycles. The van der Waals surface area contributed by atoms with E-state index in [1.807, 2.05) is 18.5 Å². The Balaban J connectivity index is 1.12. The van der Waals surface area contributed by atoms with Gasteiger partial charge in [-0.25, -0.2) is 0 Å². The summed E-state index contributed by atoms with van der Waals surface area (Å²) in [6, 6.07) is 16.9. The van der Waals surface area contributed by atoms with Gasteiger partial charge in [-0.05, 0) is 67.4 Å². The number of nitrogens with zero attached hydrogens (tertiary/aromatic N) is 2. The quantitative estimate of drug-likeness (QED) is 0.454. The average molecular weight is 386 g/mol. The van der Waals surface area contributed by atoms with Crippen molar-refractivity contribution in [1.29, 1.82) is 0 Å². The first-order valence-electron chi connectivity index (χ1n) is 10.6. The highest BCUT2D eigenvalue weighted by atomic mass is 16.5. The lowest BCUT2D eigenvalue weighted by Gasteiger charge is -2.32. The van der Waals surface area contributed by atoms with Gasteiger partial charge < -0.3 is 14.6 Å². The molecule has 5 rings (SSSR count). The number of hydrogen-bond donors (Lipinski definition) is 1. The van der Waals surface area contributed by atoms with Gasteiger partial charge in [-0.1, -0.05) is 30.3 Å². The molecule has 148 valence electrons. The predicted molar refractivity (Wildman–Crippen MR) is 119 cm³/mol. The van der Waals surface area contributed by atoms with Gasteiger partial charge in [-0.2, -0.15) is 0 Å².